The Morgan fingerprint density at radius 3 is 2.74 bits per heavy atom. The summed E-state index contributed by atoms with van der Waals surface area (Å²) < 4.78 is 23.3. The highest BCUT2D eigenvalue weighted by molar-refractivity contribution is 7.89. The molecule has 0 saturated carbocycles. The van der Waals surface area contributed by atoms with Crippen molar-refractivity contribution >= 4 is 15.7 Å². The molecule has 19 heavy (non-hydrogen) atoms. The van der Waals surface area contributed by atoms with Crippen LogP contribution in [0.2, 0.25) is 0 Å². The fourth-order valence-corrected chi connectivity index (χ4v) is 3.45. The van der Waals surface area contributed by atoms with Crippen LogP contribution in [0, 0.1) is 0 Å². The van der Waals surface area contributed by atoms with E-state index in [0.717, 1.165) is 25.8 Å². The molecule has 1 aromatic rings. The van der Waals surface area contributed by atoms with Crippen LogP contribution in [0.4, 0.5) is 5.69 Å². The van der Waals surface area contributed by atoms with E-state index in [9.17, 15) is 8.42 Å². The second-order valence-corrected chi connectivity index (χ2v) is 6.40. The minimum atomic E-state index is -3.73. The predicted molar refractivity (Wildman–Crippen MR) is 74.5 cm³/mol. The van der Waals surface area contributed by atoms with Gasteiger partial charge in [-0.2, -0.15) is 0 Å². The van der Waals surface area contributed by atoms with Gasteiger partial charge in [0, 0.05) is 19.2 Å². The molecule has 0 radical (unpaired) electrons. The van der Waals surface area contributed by atoms with Crippen LogP contribution < -0.4 is 10.0 Å². The molecule has 1 aliphatic heterocycles. The van der Waals surface area contributed by atoms with Gasteiger partial charge in [-0.3, -0.25) is 0 Å². The van der Waals surface area contributed by atoms with Crippen molar-refractivity contribution in [2.24, 2.45) is 5.14 Å². The molecule has 1 heterocycles. The minimum Gasteiger partial charge on any atom is -0.396 e. The summed E-state index contributed by atoms with van der Waals surface area (Å²) in [5, 5.41) is 14.4. The molecule has 0 amide bonds. The van der Waals surface area contributed by atoms with E-state index in [0.29, 0.717) is 12.1 Å². The van der Waals surface area contributed by atoms with Crippen molar-refractivity contribution in [3.8, 4) is 0 Å². The third-order valence-electron chi connectivity index (χ3n) is 3.57. The van der Waals surface area contributed by atoms with E-state index in [1.54, 1.807) is 12.1 Å². The predicted octanol–water partition coefficient (Wildman–Crippen LogP) is 1.08. The summed E-state index contributed by atoms with van der Waals surface area (Å²) in [6.07, 6.45) is 3.76. The van der Waals surface area contributed by atoms with Crippen LogP contribution in [0.25, 0.3) is 0 Å². The van der Waals surface area contributed by atoms with Gasteiger partial charge in [0.1, 0.15) is 4.90 Å². The number of para-hydroxylation sites is 1. The molecule has 0 spiro atoms. The zero-order valence-electron chi connectivity index (χ0n) is 10.8. The van der Waals surface area contributed by atoms with E-state index in [4.69, 9.17) is 10.2 Å². The summed E-state index contributed by atoms with van der Waals surface area (Å²) in [4.78, 5) is 2.24. The van der Waals surface area contributed by atoms with Crippen LogP contribution in [0.15, 0.2) is 29.2 Å². The first-order chi connectivity index (χ1) is 9.04. The van der Waals surface area contributed by atoms with Crippen LogP contribution >= 0.6 is 0 Å². The Labute approximate surface area is 114 Å². The molecule has 0 bridgehead atoms. The summed E-state index contributed by atoms with van der Waals surface area (Å²) >= 11 is 0. The summed E-state index contributed by atoms with van der Waals surface area (Å²) in [6.45, 7) is 0.913. The van der Waals surface area contributed by atoms with Crippen molar-refractivity contribution in [1.82, 2.24) is 0 Å². The molecule has 1 aliphatic rings. The Morgan fingerprint density at radius 2 is 2.05 bits per heavy atom. The second-order valence-electron chi connectivity index (χ2n) is 4.87. The first-order valence-electron chi connectivity index (χ1n) is 6.53. The van der Waals surface area contributed by atoms with Gasteiger partial charge in [-0.1, -0.05) is 12.1 Å². The van der Waals surface area contributed by atoms with Gasteiger partial charge >= 0.3 is 0 Å². The molecule has 1 saturated heterocycles. The quantitative estimate of drug-likeness (QED) is 0.866. The summed E-state index contributed by atoms with van der Waals surface area (Å²) in [5.41, 5.74) is 0.656. The number of aliphatic hydroxyl groups is 1. The molecule has 3 N–H and O–H groups in total. The molecule has 1 unspecified atom stereocenters. The SMILES string of the molecule is NS(=O)(=O)c1ccccc1N1CCCCC1CCO. The van der Waals surface area contributed by atoms with Gasteiger partial charge in [0.15, 0.2) is 0 Å². The van der Waals surface area contributed by atoms with E-state index in [-0.39, 0.29) is 17.5 Å². The molecule has 1 aromatic carbocycles. The van der Waals surface area contributed by atoms with E-state index in [1.165, 1.54) is 6.07 Å². The number of nitrogens with zero attached hydrogens (tertiary/aromatic N) is 1. The van der Waals surface area contributed by atoms with Gasteiger partial charge < -0.3 is 10.0 Å². The average Bonchev–Trinajstić information content (AvgIpc) is 2.39. The van der Waals surface area contributed by atoms with Crippen molar-refractivity contribution in [2.75, 3.05) is 18.1 Å². The maximum absolute atomic E-state index is 11.7. The number of primary sulfonamides is 1. The Bertz CT molecular complexity index is 528. The third kappa shape index (κ3) is 3.26. The fourth-order valence-electron chi connectivity index (χ4n) is 2.70. The molecule has 106 valence electrons. The lowest BCUT2D eigenvalue weighted by molar-refractivity contribution is 0.262. The number of piperidine rings is 1. The topological polar surface area (TPSA) is 83.6 Å². The normalized spacial score (nSPS) is 20.5. The van der Waals surface area contributed by atoms with Crippen molar-refractivity contribution in [2.45, 2.75) is 36.6 Å². The van der Waals surface area contributed by atoms with Gasteiger partial charge in [-0.15, -0.1) is 0 Å². The van der Waals surface area contributed by atoms with Crippen LogP contribution in [-0.2, 0) is 10.0 Å². The first-order valence-corrected chi connectivity index (χ1v) is 8.08. The first kappa shape index (κ1) is 14.3. The summed E-state index contributed by atoms with van der Waals surface area (Å²) in [7, 11) is -3.73. The fraction of sp³-hybridized carbons (Fsp3) is 0.538. The number of hydrogen-bond donors (Lipinski definition) is 2. The van der Waals surface area contributed by atoms with E-state index in [2.05, 4.69) is 4.90 Å². The highest BCUT2D eigenvalue weighted by Gasteiger charge is 2.26. The summed E-state index contributed by atoms with van der Waals surface area (Å²) in [5.74, 6) is 0. The average molecular weight is 284 g/mol. The summed E-state index contributed by atoms with van der Waals surface area (Å²) in [6, 6.07) is 7.00. The number of nitrogens with two attached hydrogens (primary N) is 1. The molecule has 0 aromatic heterocycles. The zero-order chi connectivity index (χ0) is 13.9. The Hall–Kier alpha value is -1.11. The van der Waals surface area contributed by atoms with E-state index >= 15 is 0 Å². The van der Waals surface area contributed by atoms with E-state index < -0.39 is 10.0 Å². The van der Waals surface area contributed by atoms with Crippen LogP contribution in [-0.4, -0.2) is 32.7 Å². The number of anilines is 1. The molecular weight excluding hydrogens is 264 g/mol. The van der Waals surface area contributed by atoms with Gasteiger partial charge in [-0.05, 0) is 37.8 Å². The van der Waals surface area contributed by atoms with Crippen LogP contribution in [0.5, 0.6) is 0 Å². The van der Waals surface area contributed by atoms with E-state index in [1.807, 2.05) is 6.07 Å². The van der Waals surface area contributed by atoms with Gasteiger partial charge in [0.25, 0.3) is 0 Å². The molecule has 1 atom stereocenters. The molecule has 1 fully saturated rings. The molecular formula is C13H20N2O3S. The maximum Gasteiger partial charge on any atom is 0.240 e. The van der Waals surface area contributed by atoms with Crippen molar-refractivity contribution in [3.05, 3.63) is 24.3 Å². The lowest BCUT2D eigenvalue weighted by Gasteiger charge is -2.38. The standard InChI is InChI=1S/C13H20N2O3S/c14-19(17,18)13-7-2-1-6-12(13)15-9-4-3-5-11(15)8-10-16/h1-2,6-7,11,16H,3-5,8-10H2,(H2,14,17,18). The molecule has 0 aliphatic carbocycles. The molecule has 5 nitrogen and oxygen atoms in total. The van der Waals surface area contributed by atoms with Gasteiger partial charge in [0.05, 0.1) is 5.69 Å². The Morgan fingerprint density at radius 1 is 1.32 bits per heavy atom. The van der Waals surface area contributed by atoms with Crippen molar-refractivity contribution in [3.63, 3.8) is 0 Å². The number of sulfonamides is 1. The number of hydrogen-bond acceptors (Lipinski definition) is 4. The molecule has 6 heteroatoms. The Kier molecular flexibility index (Phi) is 4.44. The lowest BCUT2D eigenvalue weighted by atomic mass is 9.99. The van der Waals surface area contributed by atoms with Gasteiger partial charge in [0.2, 0.25) is 10.0 Å². The highest BCUT2D eigenvalue weighted by Crippen LogP contribution is 2.31. The van der Waals surface area contributed by atoms with Crippen LogP contribution in [0.1, 0.15) is 25.7 Å². The van der Waals surface area contributed by atoms with Crippen molar-refractivity contribution < 1.29 is 13.5 Å². The van der Waals surface area contributed by atoms with Crippen LogP contribution in [0.3, 0.4) is 0 Å². The largest absolute Gasteiger partial charge is 0.396 e. The third-order valence-corrected chi connectivity index (χ3v) is 4.53. The monoisotopic (exact) mass is 284 g/mol. The van der Waals surface area contributed by atoms with Crippen molar-refractivity contribution in [1.29, 1.82) is 0 Å². The Balaban J connectivity index is 2.39. The maximum atomic E-state index is 11.7. The minimum absolute atomic E-state index is 0.110. The van der Waals surface area contributed by atoms with Gasteiger partial charge in [-0.25, -0.2) is 13.6 Å². The second kappa shape index (κ2) is 5.90. The number of benzene rings is 1. The molecule has 2 rings (SSSR count). The number of rotatable bonds is 4. The highest BCUT2D eigenvalue weighted by atomic mass is 32.2. The number of aliphatic hydroxyl groups excluding tert-OH is 1. The lowest BCUT2D eigenvalue weighted by Crippen LogP contribution is -2.41. The smallest absolute Gasteiger partial charge is 0.240 e. The zero-order valence-corrected chi connectivity index (χ0v) is 11.6.